The summed E-state index contributed by atoms with van der Waals surface area (Å²) in [6.07, 6.45) is 1.60. The average molecular weight is 349 g/mol. The quantitative estimate of drug-likeness (QED) is 0.767. The van der Waals surface area contributed by atoms with E-state index in [1.54, 1.807) is 12.3 Å². The molecule has 0 aliphatic rings. The summed E-state index contributed by atoms with van der Waals surface area (Å²) in [5, 5.41) is 4.29. The van der Waals surface area contributed by atoms with E-state index in [1.165, 1.54) is 11.8 Å². The number of benzene rings is 1. The minimum absolute atomic E-state index is 0.0243. The number of nitrogens with one attached hydrogen (secondary N) is 1. The van der Waals surface area contributed by atoms with Crippen LogP contribution in [-0.4, -0.2) is 16.1 Å². The molecule has 2 rings (SSSR count). The molecule has 122 valence electrons. The molecule has 1 amide bonds. The van der Waals surface area contributed by atoms with Crippen molar-refractivity contribution in [3.8, 4) is 0 Å². The van der Waals surface area contributed by atoms with Crippen LogP contribution in [0.3, 0.4) is 0 Å². The van der Waals surface area contributed by atoms with Gasteiger partial charge in [-0.2, -0.15) is 0 Å². The van der Waals surface area contributed by atoms with E-state index in [0.717, 1.165) is 10.6 Å². The van der Waals surface area contributed by atoms with Gasteiger partial charge >= 0.3 is 0 Å². The highest BCUT2D eigenvalue weighted by Crippen LogP contribution is 2.28. The lowest BCUT2D eigenvalue weighted by molar-refractivity contribution is -0.121. The molecule has 0 fully saturated rings. The molecule has 0 aliphatic heterocycles. The molecule has 0 radical (unpaired) electrons. The Kier molecular flexibility index (Phi) is 6.48. The number of nitrogens with zero attached hydrogens (tertiary/aromatic N) is 1. The lowest BCUT2D eigenvalue weighted by Gasteiger charge is -2.22. The van der Waals surface area contributed by atoms with Crippen molar-refractivity contribution < 1.29 is 4.79 Å². The standard InChI is InChI=1S/C18H21ClN2OS/c1-12(2)17(23-16-10-9-15(19)11-20-16)18(22)21-13(3)14-7-5-4-6-8-14/h4-13,17H,1-3H3,(H,21,22). The van der Waals surface area contributed by atoms with Crippen LogP contribution in [0.1, 0.15) is 32.4 Å². The van der Waals surface area contributed by atoms with Gasteiger partial charge in [0.1, 0.15) is 0 Å². The summed E-state index contributed by atoms with van der Waals surface area (Å²) in [6.45, 7) is 6.08. The monoisotopic (exact) mass is 348 g/mol. The van der Waals surface area contributed by atoms with Crippen molar-refractivity contribution in [1.82, 2.24) is 10.3 Å². The summed E-state index contributed by atoms with van der Waals surface area (Å²) in [5.74, 6) is 0.221. The van der Waals surface area contributed by atoms with Crippen LogP contribution in [-0.2, 0) is 4.79 Å². The Labute approximate surface area is 146 Å². The van der Waals surface area contributed by atoms with Gasteiger partial charge in [-0.3, -0.25) is 4.79 Å². The Morgan fingerprint density at radius 2 is 1.83 bits per heavy atom. The highest BCUT2D eigenvalue weighted by molar-refractivity contribution is 8.00. The predicted octanol–water partition coefficient (Wildman–Crippen LogP) is 4.73. The lowest BCUT2D eigenvalue weighted by atomic mass is 10.1. The molecule has 2 aromatic rings. The molecule has 2 atom stereocenters. The van der Waals surface area contributed by atoms with E-state index < -0.39 is 0 Å². The van der Waals surface area contributed by atoms with E-state index in [2.05, 4.69) is 10.3 Å². The zero-order valence-corrected chi connectivity index (χ0v) is 15.1. The lowest BCUT2D eigenvalue weighted by Crippen LogP contribution is -2.37. The first kappa shape index (κ1) is 17.8. The first-order valence-electron chi connectivity index (χ1n) is 7.61. The zero-order valence-electron chi connectivity index (χ0n) is 13.5. The summed E-state index contributed by atoms with van der Waals surface area (Å²) in [5.41, 5.74) is 1.10. The molecule has 5 heteroatoms. The third-order valence-electron chi connectivity index (χ3n) is 3.47. The summed E-state index contributed by atoms with van der Waals surface area (Å²) in [7, 11) is 0. The van der Waals surface area contributed by atoms with Gasteiger partial charge in [0.25, 0.3) is 0 Å². The minimum Gasteiger partial charge on any atom is -0.349 e. The largest absolute Gasteiger partial charge is 0.349 e. The van der Waals surface area contributed by atoms with E-state index in [0.29, 0.717) is 5.02 Å². The second-order valence-electron chi connectivity index (χ2n) is 5.74. The van der Waals surface area contributed by atoms with Crippen LogP contribution in [0, 0.1) is 5.92 Å². The molecule has 1 aromatic carbocycles. The number of hydrogen-bond acceptors (Lipinski definition) is 3. The van der Waals surface area contributed by atoms with E-state index in [1.807, 2.05) is 57.2 Å². The first-order valence-corrected chi connectivity index (χ1v) is 8.86. The number of hydrogen-bond donors (Lipinski definition) is 1. The Hall–Kier alpha value is -1.52. The van der Waals surface area contributed by atoms with Crippen LogP contribution in [0.4, 0.5) is 0 Å². The van der Waals surface area contributed by atoms with Crippen molar-refractivity contribution >= 4 is 29.3 Å². The van der Waals surface area contributed by atoms with Crippen molar-refractivity contribution in [2.24, 2.45) is 5.92 Å². The fourth-order valence-electron chi connectivity index (χ4n) is 2.17. The van der Waals surface area contributed by atoms with E-state index in [9.17, 15) is 4.79 Å². The predicted molar refractivity (Wildman–Crippen MR) is 96.7 cm³/mol. The van der Waals surface area contributed by atoms with Crippen LogP contribution < -0.4 is 5.32 Å². The molecule has 0 saturated heterocycles. The number of carbonyl (C=O) groups is 1. The minimum atomic E-state index is -0.199. The maximum atomic E-state index is 12.7. The highest BCUT2D eigenvalue weighted by Gasteiger charge is 2.25. The smallest absolute Gasteiger partial charge is 0.234 e. The third-order valence-corrected chi connectivity index (χ3v) is 5.19. The molecule has 23 heavy (non-hydrogen) atoms. The fourth-order valence-corrected chi connectivity index (χ4v) is 3.25. The van der Waals surface area contributed by atoms with Crippen LogP contribution in [0.5, 0.6) is 0 Å². The first-order chi connectivity index (χ1) is 11.0. The maximum Gasteiger partial charge on any atom is 0.234 e. The average Bonchev–Trinajstić information content (AvgIpc) is 2.54. The Morgan fingerprint density at radius 1 is 1.13 bits per heavy atom. The number of amides is 1. The number of pyridine rings is 1. The van der Waals surface area contributed by atoms with Crippen molar-refractivity contribution in [3.63, 3.8) is 0 Å². The number of carbonyl (C=O) groups excluding carboxylic acids is 1. The SMILES string of the molecule is CC(NC(=O)C(Sc1ccc(Cl)cn1)C(C)C)c1ccccc1. The number of halogens is 1. The van der Waals surface area contributed by atoms with Gasteiger partial charge < -0.3 is 5.32 Å². The van der Waals surface area contributed by atoms with Crippen molar-refractivity contribution in [2.75, 3.05) is 0 Å². The third kappa shape index (κ3) is 5.26. The van der Waals surface area contributed by atoms with Gasteiger partial charge in [0.2, 0.25) is 5.91 Å². The van der Waals surface area contributed by atoms with Crippen LogP contribution in [0.15, 0.2) is 53.7 Å². The molecule has 0 aliphatic carbocycles. The molecular weight excluding hydrogens is 328 g/mol. The molecule has 3 nitrogen and oxygen atoms in total. The van der Waals surface area contributed by atoms with E-state index >= 15 is 0 Å². The molecule has 0 bridgehead atoms. The van der Waals surface area contributed by atoms with Crippen LogP contribution in [0.25, 0.3) is 0 Å². The Balaban J connectivity index is 2.05. The van der Waals surface area contributed by atoms with Crippen molar-refractivity contribution in [1.29, 1.82) is 0 Å². The second kappa shape index (κ2) is 8.37. The van der Waals surface area contributed by atoms with Gasteiger partial charge in [-0.05, 0) is 30.5 Å². The summed E-state index contributed by atoms with van der Waals surface area (Å²) in [4.78, 5) is 16.9. The molecule has 2 unspecified atom stereocenters. The fraction of sp³-hybridized carbons (Fsp3) is 0.333. The van der Waals surface area contributed by atoms with E-state index in [4.69, 9.17) is 11.6 Å². The van der Waals surface area contributed by atoms with Gasteiger partial charge in [0.15, 0.2) is 0 Å². The molecule has 1 aromatic heterocycles. The van der Waals surface area contributed by atoms with Crippen LogP contribution >= 0.6 is 23.4 Å². The van der Waals surface area contributed by atoms with Gasteiger partial charge in [0.05, 0.1) is 21.3 Å². The summed E-state index contributed by atoms with van der Waals surface area (Å²) < 4.78 is 0. The van der Waals surface area contributed by atoms with Gasteiger partial charge in [0, 0.05) is 6.20 Å². The van der Waals surface area contributed by atoms with Crippen molar-refractivity contribution in [2.45, 2.75) is 37.1 Å². The second-order valence-corrected chi connectivity index (χ2v) is 7.34. The highest BCUT2D eigenvalue weighted by atomic mass is 35.5. The zero-order chi connectivity index (χ0) is 16.8. The van der Waals surface area contributed by atoms with Gasteiger partial charge in [-0.25, -0.2) is 4.98 Å². The molecule has 1 N–H and O–H groups in total. The normalized spacial score (nSPS) is 13.6. The van der Waals surface area contributed by atoms with Gasteiger partial charge in [-0.1, -0.05) is 67.5 Å². The van der Waals surface area contributed by atoms with Crippen LogP contribution in [0.2, 0.25) is 5.02 Å². The maximum absolute atomic E-state index is 12.7. The van der Waals surface area contributed by atoms with Crippen molar-refractivity contribution in [3.05, 3.63) is 59.2 Å². The molecule has 1 heterocycles. The van der Waals surface area contributed by atoms with Gasteiger partial charge in [-0.15, -0.1) is 0 Å². The number of thioether (sulfide) groups is 1. The molecule has 0 spiro atoms. The summed E-state index contributed by atoms with van der Waals surface area (Å²) >= 11 is 7.33. The number of aromatic nitrogens is 1. The summed E-state index contributed by atoms with van der Waals surface area (Å²) in [6, 6.07) is 13.6. The topological polar surface area (TPSA) is 42.0 Å². The Morgan fingerprint density at radius 3 is 2.39 bits per heavy atom. The number of rotatable bonds is 6. The molecule has 0 saturated carbocycles. The van der Waals surface area contributed by atoms with E-state index in [-0.39, 0.29) is 23.1 Å². The molecular formula is C18H21ClN2OS. The Bertz CT molecular complexity index is 631.